The molecule has 0 spiro atoms. The third-order valence-electron chi connectivity index (χ3n) is 4.36. The number of hydrogen-bond acceptors (Lipinski definition) is 5. The van der Waals surface area contributed by atoms with E-state index in [9.17, 15) is 4.79 Å². The maximum atomic E-state index is 10.6. The maximum absolute atomic E-state index is 10.6. The van der Waals surface area contributed by atoms with E-state index in [0.29, 0.717) is 30.3 Å². The number of rotatable bonds is 5. The molecule has 1 aliphatic heterocycles. The Labute approximate surface area is 161 Å². The number of carbonyl (C=O) groups is 1. The summed E-state index contributed by atoms with van der Waals surface area (Å²) in [4.78, 5) is 15.4. The summed E-state index contributed by atoms with van der Waals surface area (Å²) in [6.45, 7) is 2.68. The van der Waals surface area contributed by atoms with Crippen LogP contribution in [0.5, 0.6) is 5.75 Å². The number of aliphatic imine (C=N–C) groups is 1. The number of aryl methyl sites for hydroxylation is 1. The van der Waals surface area contributed by atoms with Crippen molar-refractivity contribution in [3.8, 4) is 11.4 Å². The number of fused-ring (bicyclic) bond motifs is 3. The summed E-state index contributed by atoms with van der Waals surface area (Å²) in [7, 11) is 0. The van der Waals surface area contributed by atoms with Crippen LogP contribution in [0, 0.1) is 6.92 Å². The smallest absolute Gasteiger partial charge is 0.159 e. The van der Waals surface area contributed by atoms with Gasteiger partial charge >= 0.3 is 0 Å². The van der Waals surface area contributed by atoms with Crippen molar-refractivity contribution in [2.45, 2.75) is 19.9 Å². The maximum Gasteiger partial charge on any atom is 0.159 e. The summed E-state index contributed by atoms with van der Waals surface area (Å²) in [5, 5.41) is 9.12. The Morgan fingerprint density at radius 3 is 2.78 bits per heavy atom. The lowest BCUT2D eigenvalue weighted by atomic mass is 10.00. The molecule has 6 nitrogen and oxygen atoms in total. The first-order valence-corrected chi connectivity index (χ1v) is 8.97. The molecule has 0 saturated heterocycles. The molecule has 1 aromatic heterocycles. The Kier molecular flexibility index (Phi) is 4.73. The van der Waals surface area contributed by atoms with E-state index in [1.165, 1.54) is 0 Å². The molecule has 2 heterocycles. The van der Waals surface area contributed by atoms with Gasteiger partial charge in [0, 0.05) is 22.6 Å². The Morgan fingerprint density at radius 2 is 2.00 bits per heavy atom. The van der Waals surface area contributed by atoms with Gasteiger partial charge in [-0.2, -0.15) is 0 Å². The van der Waals surface area contributed by atoms with Crippen molar-refractivity contribution in [1.82, 2.24) is 14.8 Å². The Bertz CT molecular complexity index is 1020. The van der Waals surface area contributed by atoms with Gasteiger partial charge in [-0.1, -0.05) is 23.7 Å². The van der Waals surface area contributed by atoms with Crippen molar-refractivity contribution in [2.24, 2.45) is 4.99 Å². The molecular weight excluding hydrogens is 364 g/mol. The fraction of sp³-hybridized carbons (Fsp3) is 0.200. The van der Waals surface area contributed by atoms with Gasteiger partial charge in [0.1, 0.15) is 24.4 Å². The van der Waals surface area contributed by atoms with Crippen molar-refractivity contribution in [3.05, 3.63) is 70.3 Å². The van der Waals surface area contributed by atoms with Gasteiger partial charge < -0.3 is 9.53 Å². The molecule has 0 atom stereocenters. The van der Waals surface area contributed by atoms with Crippen molar-refractivity contribution in [2.75, 3.05) is 6.61 Å². The largest absolute Gasteiger partial charge is 0.493 e. The summed E-state index contributed by atoms with van der Waals surface area (Å²) in [5.41, 5.74) is 3.67. The van der Waals surface area contributed by atoms with E-state index >= 15 is 0 Å². The second-order valence-electron chi connectivity index (χ2n) is 6.15. The molecule has 0 fully saturated rings. The first-order valence-electron chi connectivity index (χ1n) is 8.60. The van der Waals surface area contributed by atoms with Gasteiger partial charge in [-0.3, -0.25) is 9.56 Å². The van der Waals surface area contributed by atoms with Gasteiger partial charge in [-0.25, -0.2) is 0 Å². The van der Waals surface area contributed by atoms with Crippen LogP contribution in [0.4, 0.5) is 0 Å². The molecule has 4 rings (SSSR count). The highest BCUT2D eigenvalue weighted by molar-refractivity contribution is 6.30. The fourth-order valence-corrected chi connectivity index (χ4v) is 3.25. The van der Waals surface area contributed by atoms with Crippen LogP contribution in [0.3, 0.4) is 0 Å². The van der Waals surface area contributed by atoms with Gasteiger partial charge in [0.15, 0.2) is 5.82 Å². The highest BCUT2D eigenvalue weighted by atomic mass is 35.5. The highest BCUT2D eigenvalue weighted by Gasteiger charge is 2.22. The van der Waals surface area contributed by atoms with Crippen LogP contribution >= 0.6 is 11.6 Å². The zero-order chi connectivity index (χ0) is 18.8. The Hall–Kier alpha value is -2.99. The topological polar surface area (TPSA) is 69.4 Å². The average Bonchev–Trinajstić information content (AvgIpc) is 2.95. The molecule has 27 heavy (non-hydrogen) atoms. The number of nitrogens with zero attached hydrogens (tertiary/aromatic N) is 4. The second-order valence-corrected chi connectivity index (χ2v) is 6.59. The first kappa shape index (κ1) is 17.4. The molecule has 3 aromatic rings. The SMILES string of the molecule is Cc1nnc2n1-c1ccc(OCCC=O)cc1C(c1ccc(Cl)cc1)=NC2. The van der Waals surface area contributed by atoms with Crippen molar-refractivity contribution in [3.63, 3.8) is 0 Å². The number of ether oxygens (including phenoxy) is 1. The normalized spacial score (nSPS) is 12.6. The molecular formula is C20H17ClN4O2. The number of carbonyl (C=O) groups excluding carboxylic acids is 1. The van der Waals surface area contributed by atoms with Crippen molar-refractivity contribution < 1.29 is 9.53 Å². The summed E-state index contributed by atoms with van der Waals surface area (Å²) < 4.78 is 7.72. The van der Waals surface area contributed by atoms with Crippen LogP contribution in [0.25, 0.3) is 5.69 Å². The molecule has 2 aromatic carbocycles. The molecule has 136 valence electrons. The van der Waals surface area contributed by atoms with E-state index in [0.717, 1.165) is 40.5 Å². The fourth-order valence-electron chi connectivity index (χ4n) is 3.13. The Balaban J connectivity index is 1.85. The first-order chi connectivity index (χ1) is 13.2. The predicted molar refractivity (Wildman–Crippen MR) is 103 cm³/mol. The van der Waals surface area contributed by atoms with Crippen LogP contribution < -0.4 is 4.74 Å². The molecule has 0 unspecified atom stereocenters. The summed E-state index contributed by atoms with van der Waals surface area (Å²) >= 11 is 6.04. The number of halogens is 1. The molecule has 1 aliphatic rings. The van der Waals surface area contributed by atoms with Crippen LogP contribution in [0.2, 0.25) is 5.02 Å². The van der Waals surface area contributed by atoms with Crippen LogP contribution in [0.15, 0.2) is 47.5 Å². The van der Waals surface area contributed by atoms with Gasteiger partial charge in [-0.05, 0) is 37.3 Å². The van der Waals surface area contributed by atoms with Gasteiger partial charge in [-0.15, -0.1) is 10.2 Å². The van der Waals surface area contributed by atoms with E-state index in [1.54, 1.807) is 0 Å². The minimum Gasteiger partial charge on any atom is -0.493 e. The van der Waals surface area contributed by atoms with Crippen LogP contribution in [-0.4, -0.2) is 33.4 Å². The standard InChI is InChI=1S/C20H17ClN4O2/c1-13-23-24-19-12-22-20(14-3-5-15(21)6-4-14)17-11-16(27-10-2-9-26)7-8-18(17)25(13)19/h3-9,11H,2,10,12H2,1H3. The third-order valence-corrected chi connectivity index (χ3v) is 4.61. The lowest BCUT2D eigenvalue weighted by Gasteiger charge is -2.14. The second kappa shape index (κ2) is 7.32. The van der Waals surface area contributed by atoms with Crippen LogP contribution in [0.1, 0.15) is 29.2 Å². The number of benzene rings is 2. The molecule has 0 radical (unpaired) electrons. The van der Waals surface area contributed by atoms with E-state index < -0.39 is 0 Å². The Morgan fingerprint density at radius 1 is 1.19 bits per heavy atom. The highest BCUT2D eigenvalue weighted by Crippen LogP contribution is 2.29. The monoisotopic (exact) mass is 380 g/mol. The lowest BCUT2D eigenvalue weighted by Crippen LogP contribution is -2.09. The minimum atomic E-state index is 0.340. The third kappa shape index (κ3) is 3.36. The molecule has 0 saturated carbocycles. The zero-order valence-electron chi connectivity index (χ0n) is 14.7. The summed E-state index contributed by atoms with van der Waals surface area (Å²) in [6, 6.07) is 13.4. The number of aromatic nitrogens is 3. The molecule has 0 bridgehead atoms. The lowest BCUT2D eigenvalue weighted by molar-refractivity contribution is -0.108. The molecule has 0 N–H and O–H groups in total. The van der Waals surface area contributed by atoms with E-state index in [-0.39, 0.29) is 0 Å². The minimum absolute atomic E-state index is 0.340. The molecule has 7 heteroatoms. The number of hydrogen-bond donors (Lipinski definition) is 0. The summed E-state index contributed by atoms with van der Waals surface area (Å²) in [5.74, 6) is 2.27. The predicted octanol–water partition coefficient (Wildman–Crippen LogP) is 3.55. The van der Waals surface area contributed by atoms with Gasteiger partial charge in [0.2, 0.25) is 0 Å². The summed E-state index contributed by atoms with van der Waals surface area (Å²) in [6.07, 6.45) is 1.20. The zero-order valence-corrected chi connectivity index (χ0v) is 15.5. The quantitative estimate of drug-likeness (QED) is 0.501. The van der Waals surface area contributed by atoms with Crippen molar-refractivity contribution >= 4 is 23.6 Å². The van der Waals surface area contributed by atoms with Gasteiger partial charge in [0.05, 0.1) is 18.0 Å². The molecule has 0 aliphatic carbocycles. The van der Waals surface area contributed by atoms with Crippen LogP contribution in [-0.2, 0) is 11.3 Å². The van der Waals surface area contributed by atoms with E-state index in [1.807, 2.05) is 54.0 Å². The number of aldehydes is 1. The van der Waals surface area contributed by atoms with Gasteiger partial charge in [0.25, 0.3) is 0 Å². The van der Waals surface area contributed by atoms with Crippen molar-refractivity contribution in [1.29, 1.82) is 0 Å². The van der Waals surface area contributed by atoms with E-state index in [4.69, 9.17) is 21.3 Å². The average molecular weight is 381 g/mol. The molecule has 0 amide bonds. The van der Waals surface area contributed by atoms with E-state index in [2.05, 4.69) is 10.2 Å².